The van der Waals surface area contributed by atoms with Gasteiger partial charge in [0.2, 0.25) is 0 Å². The molecule has 0 aliphatic rings. The lowest BCUT2D eigenvalue weighted by molar-refractivity contribution is 0.572. The molecule has 6 rings (SSSR count). The summed E-state index contributed by atoms with van der Waals surface area (Å²) in [6.45, 7) is 16.5. The number of hydrogen-bond acceptors (Lipinski definition) is 1. The highest BCUT2D eigenvalue weighted by molar-refractivity contribution is 5.92. The molecular weight excluding hydrogens is 627 g/mol. The van der Waals surface area contributed by atoms with Crippen molar-refractivity contribution in [2.24, 2.45) is 0 Å². The minimum absolute atomic E-state index is 0.0999. The predicted molar refractivity (Wildman–Crippen MR) is 226 cm³/mol. The molecule has 5 aromatic carbocycles. The first-order valence-corrected chi connectivity index (χ1v) is 19.5. The molecule has 0 unspecified atom stereocenters. The first kappa shape index (κ1) is 37.0. The second-order valence-corrected chi connectivity index (χ2v) is 16.6. The minimum Gasteiger partial charge on any atom is -0.256 e. The van der Waals surface area contributed by atoms with Gasteiger partial charge in [-0.1, -0.05) is 172 Å². The molecular formula is C51H57N. The van der Waals surface area contributed by atoms with Crippen LogP contribution in [0.25, 0.3) is 55.8 Å². The van der Waals surface area contributed by atoms with Gasteiger partial charge in [-0.3, -0.25) is 4.98 Å². The Bertz CT molecular complexity index is 2040. The van der Waals surface area contributed by atoms with Crippen LogP contribution in [0.4, 0.5) is 0 Å². The fourth-order valence-electron chi connectivity index (χ4n) is 7.49. The fourth-order valence-corrected chi connectivity index (χ4v) is 7.49. The fraction of sp³-hybridized carbons (Fsp3) is 0.314. The molecule has 266 valence electrons. The molecule has 0 spiro atoms. The molecule has 0 aliphatic heterocycles. The summed E-state index contributed by atoms with van der Waals surface area (Å²) in [5.74, 6) is 0. The number of aryl methyl sites for hydroxylation is 1. The van der Waals surface area contributed by atoms with E-state index in [2.05, 4.69) is 175 Å². The molecule has 0 radical (unpaired) electrons. The third-order valence-corrected chi connectivity index (χ3v) is 10.4. The summed E-state index contributed by atoms with van der Waals surface area (Å²) in [6, 6.07) is 47.2. The van der Waals surface area contributed by atoms with Crippen LogP contribution in [0.3, 0.4) is 0 Å². The molecule has 0 aliphatic carbocycles. The maximum atomic E-state index is 4.69. The first-order valence-electron chi connectivity index (χ1n) is 19.5. The van der Waals surface area contributed by atoms with E-state index < -0.39 is 0 Å². The molecule has 0 saturated carbocycles. The van der Waals surface area contributed by atoms with Crippen molar-refractivity contribution in [3.63, 3.8) is 0 Å². The van der Waals surface area contributed by atoms with Crippen LogP contribution in [0, 0.1) is 0 Å². The molecule has 6 aromatic rings. The molecule has 1 heterocycles. The van der Waals surface area contributed by atoms with Gasteiger partial charge in [0.25, 0.3) is 0 Å². The van der Waals surface area contributed by atoms with E-state index in [-0.39, 0.29) is 10.8 Å². The second-order valence-electron chi connectivity index (χ2n) is 16.6. The van der Waals surface area contributed by atoms with Crippen LogP contribution in [-0.2, 0) is 17.3 Å². The molecule has 0 N–H and O–H groups in total. The number of nitrogens with zero attached hydrogens (tertiary/aromatic N) is 1. The normalized spacial score (nSPS) is 11.9. The van der Waals surface area contributed by atoms with Crippen molar-refractivity contribution < 1.29 is 0 Å². The summed E-state index contributed by atoms with van der Waals surface area (Å²) < 4.78 is 0. The van der Waals surface area contributed by atoms with Gasteiger partial charge in [0.05, 0.1) is 5.69 Å². The Labute approximate surface area is 314 Å². The lowest BCUT2D eigenvalue weighted by Crippen LogP contribution is -2.20. The summed E-state index contributed by atoms with van der Waals surface area (Å²) in [4.78, 5) is 4.69. The van der Waals surface area contributed by atoms with Crippen molar-refractivity contribution in [2.75, 3.05) is 0 Å². The zero-order chi connectivity index (χ0) is 36.7. The highest BCUT2D eigenvalue weighted by Crippen LogP contribution is 2.47. The number of hydrogen-bond donors (Lipinski definition) is 0. The summed E-state index contributed by atoms with van der Waals surface area (Å²) in [5.41, 5.74) is 16.2. The minimum atomic E-state index is -0.0999. The first-order chi connectivity index (χ1) is 25.0. The largest absolute Gasteiger partial charge is 0.256 e. The number of unbranched alkanes of at least 4 members (excludes halogenated alkanes) is 5. The van der Waals surface area contributed by atoms with Crippen LogP contribution in [0.15, 0.2) is 134 Å². The number of benzene rings is 5. The highest BCUT2D eigenvalue weighted by Gasteiger charge is 2.29. The number of pyridine rings is 1. The summed E-state index contributed by atoms with van der Waals surface area (Å²) in [5, 5.41) is 0. The Kier molecular flexibility index (Phi) is 11.6. The van der Waals surface area contributed by atoms with Crippen LogP contribution in [0.2, 0.25) is 0 Å². The Balaban J connectivity index is 1.54. The van der Waals surface area contributed by atoms with Crippen molar-refractivity contribution in [2.45, 2.75) is 104 Å². The third kappa shape index (κ3) is 8.82. The lowest BCUT2D eigenvalue weighted by atomic mass is 9.71. The van der Waals surface area contributed by atoms with Gasteiger partial charge in [-0.25, -0.2) is 0 Å². The van der Waals surface area contributed by atoms with Gasteiger partial charge >= 0.3 is 0 Å². The molecule has 0 bridgehead atoms. The van der Waals surface area contributed by atoms with Crippen LogP contribution in [0.5, 0.6) is 0 Å². The Hall–Kier alpha value is -4.75. The van der Waals surface area contributed by atoms with Crippen molar-refractivity contribution in [1.29, 1.82) is 0 Å². The molecule has 1 nitrogen and oxygen atoms in total. The Morgan fingerprint density at radius 1 is 0.442 bits per heavy atom. The van der Waals surface area contributed by atoms with E-state index in [4.69, 9.17) is 0 Å². The average molecular weight is 684 g/mol. The lowest BCUT2D eigenvalue weighted by Gasteiger charge is -2.32. The maximum Gasteiger partial charge on any atom is 0.0702 e. The molecule has 0 amide bonds. The van der Waals surface area contributed by atoms with Gasteiger partial charge in [-0.15, -0.1) is 0 Å². The van der Waals surface area contributed by atoms with E-state index in [1.54, 1.807) is 0 Å². The number of aromatic nitrogens is 1. The van der Waals surface area contributed by atoms with Crippen molar-refractivity contribution in [3.8, 4) is 55.8 Å². The molecule has 52 heavy (non-hydrogen) atoms. The van der Waals surface area contributed by atoms with Crippen LogP contribution in [-0.4, -0.2) is 4.98 Å². The van der Waals surface area contributed by atoms with Gasteiger partial charge in [0.1, 0.15) is 0 Å². The van der Waals surface area contributed by atoms with Crippen LogP contribution in [0.1, 0.15) is 104 Å². The monoisotopic (exact) mass is 683 g/mol. The van der Waals surface area contributed by atoms with Gasteiger partial charge in [0.15, 0.2) is 0 Å². The average Bonchev–Trinajstić information content (AvgIpc) is 3.15. The standard InChI is InChI=1S/C51H57N/c1-8-9-10-11-12-14-21-37-22-19-25-39(32-37)43-35-46(50(2,3)4)49(47(36-43)51(5,6)7)45-34-40(38-23-15-13-16-24-38)29-30-44(45)41-26-20-27-42(33-41)48-28-17-18-31-52-48/h13,15-20,22-36H,8-12,14,21H2,1-7H3. The zero-order valence-electron chi connectivity index (χ0n) is 32.6. The topological polar surface area (TPSA) is 12.9 Å². The van der Waals surface area contributed by atoms with E-state index in [0.717, 1.165) is 17.7 Å². The maximum absolute atomic E-state index is 4.69. The third-order valence-electron chi connectivity index (χ3n) is 10.4. The molecule has 0 atom stereocenters. The Morgan fingerprint density at radius 2 is 1.06 bits per heavy atom. The van der Waals surface area contributed by atoms with E-state index in [1.165, 1.54) is 99.7 Å². The smallest absolute Gasteiger partial charge is 0.0702 e. The molecule has 0 fully saturated rings. The molecule has 0 saturated heterocycles. The Morgan fingerprint density at radius 3 is 1.75 bits per heavy atom. The zero-order valence-corrected chi connectivity index (χ0v) is 32.6. The summed E-state index contributed by atoms with van der Waals surface area (Å²) >= 11 is 0. The van der Waals surface area contributed by atoms with E-state index in [0.29, 0.717) is 0 Å². The number of rotatable bonds is 12. The van der Waals surface area contributed by atoms with Crippen molar-refractivity contribution in [1.82, 2.24) is 4.98 Å². The van der Waals surface area contributed by atoms with E-state index >= 15 is 0 Å². The SMILES string of the molecule is CCCCCCCCc1cccc(-c2cc(C(C)(C)C)c(-c3cc(-c4ccccc4)ccc3-c3cccc(-c4ccccn4)c3)c(C(C)(C)C)c2)c1. The van der Waals surface area contributed by atoms with Crippen molar-refractivity contribution in [3.05, 3.63) is 150 Å². The van der Waals surface area contributed by atoms with E-state index in [1.807, 2.05) is 12.3 Å². The quantitative estimate of drug-likeness (QED) is 0.117. The molecule has 1 aromatic heterocycles. The van der Waals surface area contributed by atoms with Crippen LogP contribution >= 0.6 is 0 Å². The highest BCUT2D eigenvalue weighted by atomic mass is 14.7. The van der Waals surface area contributed by atoms with Gasteiger partial charge in [0, 0.05) is 11.8 Å². The van der Waals surface area contributed by atoms with Crippen LogP contribution < -0.4 is 0 Å². The van der Waals surface area contributed by atoms with Gasteiger partial charge in [-0.05, 0) is 121 Å². The summed E-state index contributed by atoms with van der Waals surface area (Å²) in [6.07, 6.45) is 11.0. The van der Waals surface area contributed by atoms with Crippen molar-refractivity contribution >= 4 is 0 Å². The van der Waals surface area contributed by atoms with E-state index in [9.17, 15) is 0 Å². The predicted octanol–water partition coefficient (Wildman–Crippen LogP) is 14.9. The van der Waals surface area contributed by atoms with Gasteiger partial charge in [-0.2, -0.15) is 0 Å². The van der Waals surface area contributed by atoms with Gasteiger partial charge < -0.3 is 0 Å². The summed E-state index contributed by atoms with van der Waals surface area (Å²) in [7, 11) is 0. The second kappa shape index (κ2) is 16.3. The molecule has 1 heteroatoms.